The molecule has 0 saturated carbocycles. The topological polar surface area (TPSA) is 40.6 Å². The molecule has 0 saturated heterocycles. The number of pyridine rings is 1. The summed E-state index contributed by atoms with van der Waals surface area (Å²) >= 11 is 3.45. The first-order chi connectivity index (χ1) is 9.76. The number of benzene rings is 1. The van der Waals surface area contributed by atoms with Crippen LogP contribution in [-0.4, -0.2) is 19.2 Å². The molecular weight excluding hydrogens is 322 g/mol. The molecule has 0 N–H and O–H groups in total. The zero-order valence-corrected chi connectivity index (χ0v) is 13.0. The maximum absolute atomic E-state index is 5.83. The second-order valence-electron chi connectivity index (χ2n) is 4.07. The van der Waals surface area contributed by atoms with Crippen LogP contribution in [0.1, 0.15) is 11.3 Å². The number of aromatic nitrogens is 1. The van der Waals surface area contributed by atoms with E-state index in [1.54, 1.807) is 20.3 Å². The average molecular weight is 338 g/mol. The Labute approximate surface area is 126 Å². The molecule has 0 radical (unpaired) electrons. The van der Waals surface area contributed by atoms with Gasteiger partial charge in [-0.3, -0.25) is 0 Å². The molecule has 2 rings (SSSR count). The molecule has 20 heavy (non-hydrogen) atoms. The number of rotatable bonds is 6. The lowest BCUT2D eigenvalue weighted by molar-refractivity contribution is 0.293. The third-order valence-corrected chi connectivity index (χ3v) is 3.39. The molecule has 0 aliphatic heterocycles. The second kappa shape index (κ2) is 7.14. The highest BCUT2D eigenvalue weighted by atomic mass is 79.9. The van der Waals surface area contributed by atoms with Crippen molar-refractivity contribution < 1.29 is 14.2 Å². The van der Waals surface area contributed by atoms with Crippen molar-refractivity contribution in [2.24, 2.45) is 0 Å². The highest BCUT2D eigenvalue weighted by Gasteiger charge is 2.06. The molecule has 1 heterocycles. The lowest BCUT2D eigenvalue weighted by Gasteiger charge is -2.11. The normalized spacial score (nSPS) is 10.2. The van der Waals surface area contributed by atoms with E-state index in [-0.39, 0.29) is 0 Å². The van der Waals surface area contributed by atoms with E-state index in [1.165, 1.54) is 0 Å². The first-order valence-corrected chi connectivity index (χ1v) is 7.24. The third kappa shape index (κ3) is 3.63. The van der Waals surface area contributed by atoms with E-state index >= 15 is 0 Å². The maximum Gasteiger partial charge on any atom is 0.213 e. The smallest absolute Gasteiger partial charge is 0.213 e. The number of hydrogen-bond acceptors (Lipinski definition) is 4. The fourth-order valence-corrected chi connectivity index (χ4v) is 2.17. The van der Waals surface area contributed by atoms with E-state index in [4.69, 9.17) is 14.2 Å². The number of ether oxygens (including phenoxy) is 3. The summed E-state index contributed by atoms with van der Waals surface area (Å²) in [6, 6.07) is 11.4. The fourth-order valence-electron chi connectivity index (χ4n) is 1.71. The van der Waals surface area contributed by atoms with Gasteiger partial charge in [0.1, 0.15) is 18.1 Å². The van der Waals surface area contributed by atoms with Gasteiger partial charge in [0.15, 0.2) is 0 Å². The van der Waals surface area contributed by atoms with Crippen LogP contribution in [0, 0.1) is 0 Å². The van der Waals surface area contributed by atoms with Gasteiger partial charge in [-0.2, -0.15) is 0 Å². The minimum atomic E-state index is 0.379. The lowest BCUT2D eigenvalue weighted by Crippen LogP contribution is -2.01. The molecule has 0 spiro atoms. The van der Waals surface area contributed by atoms with Gasteiger partial charge in [0.2, 0.25) is 5.88 Å². The van der Waals surface area contributed by atoms with E-state index in [2.05, 4.69) is 20.9 Å². The van der Waals surface area contributed by atoms with Crippen molar-refractivity contribution in [3.05, 3.63) is 47.7 Å². The highest BCUT2D eigenvalue weighted by Crippen LogP contribution is 2.27. The van der Waals surface area contributed by atoms with Crippen LogP contribution in [0.25, 0.3) is 0 Å². The Kier molecular flexibility index (Phi) is 5.24. The van der Waals surface area contributed by atoms with Crippen molar-refractivity contribution in [3.63, 3.8) is 0 Å². The van der Waals surface area contributed by atoms with E-state index in [9.17, 15) is 0 Å². The summed E-state index contributed by atoms with van der Waals surface area (Å²) in [4.78, 5) is 4.31. The SMILES string of the molecule is COc1ccc(CBr)c(OCc2cccc(OC)n2)c1. The van der Waals surface area contributed by atoms with Gasteiger partial charge in [0.25, 0.3) is 0 Å². The first-order valence-electron chi connectivity index (χ1n) is 6.12. The molecule has 0 aliphatic rings. The summed E-state index contributed by atoms with van der Waals surface area (Å²) in [5, 5.41) is 0.720. The van der Waals surface area contributed by atoms with E-state index in [1.807, 2.05) is 30.3 Å². The van der Waals surface area contributed by atoms with Crippen LogP contribution >= 0.6 is 15.9 Å². The molecule has 106 valence electrons. The summed E-state index contributed by atoms with van der Waals surface area (Å²) in [5.74, 6) is 2.13. The third-order valence-electron chi connectivity index (χ3n) is 2.78. The minimum absolute atomic E-state index is 0.379. The van der Waals surface area contributed by atoms with Gasteiger partial charge in [-0.15, -0.1) is 0 Å². The van der Waals surface area contributed by atoms with Gasteiger partial charge in [-0.1, -0.05) is 28.1 Å². The Morgan fingerprint density at radius 3 is 2.65 bits per heavy atom. The minimum Gasteiger partial charge on any atom is -0.497 e. The Hall–Kier alpha value is -1.75. The number of methoxy groups -OCH3 is 2. The van der Waals surface area contributed by atoms with Crippen molar-refractivity contribution in [3.8, 4) is 17.4 Å². The molecule has 0 amide bonds. The molecule has 1 aromatic heterocycles. The van der Waals surface area contributed by atoms with Gasteiger partial charge in [0, 0.05) is 23.0 Å². The van der Waals surface area contributed by atoms with Crippen molar-refractivity contribution >= 4 is 15.9 Å². The molecular formula is C15H16BrNO3. The van der Waals surface area contributed by atoms with Crippen molar-refractivity contribution in [2.45, 2.75) is 11.9 Å². The van der Waals surface area contributed by atoms with Gasteiger partial charge in [0.05, 0.1) is 19.9 Å². The number of alkyl halides is 1. The molecule has 4 nitrogen and oxygen atoms in total. The summed E-state index contributed by atoms with van der Waals surface area (Å²) in [6.07, 6.45) is 0. The van der Waals surface area contributed by atoms with Crippen LogP contribution in [-0.2, 0) is 11.9 Å². The molecule has 1 aromatic carbocycles. The molecule has 5 heteroatoms. The largest absolute Gasteiger partial charge is 0.497 e. The lowest BCUT2D eigenvalue weighted by atomic mass is 10.2. The predicted molar refractivity (Wildman–Crippen MR) is 80.7 cm³/mol. The van der Waals surface area contributed by atoms with Crippen LogP contribution in [0.4, 0.5) is 0 Å². The average Bonchev–Trinajstić information content (AvgIpc) is 2.52. The Bertz CT molecular complexity index is 575. The second-order valence-corrected chi connectivity index (χ2v) is 4.63. The van der Waals surface area contributed by atoms with Crippen LogP contribution in [0.3, 0.4) is 0 Å². The van der Waals surface area contributed by atoms with Gasteiger partial charge >= 0.3 is 0 Å². The van der Waals surface area contributed by atoms with Crippen LogP contribution in [0.15, 0.2) is 36.4 Å². The fraction of sp³-hybridized carbons (Fsp3) is 0.267. The zero-order chi connectivity index (χ0) is 14.4. The van der Waals surface area contributed by atoms with Crippen molar-refractivity contribution in [2.75, 3.05) is 14.2 Å². The Morgan fingerprint density at radius 1 is 1.10 bits per heavy atom. The number of halogens is 1. The molecule has 0 bridgehead atoms. The van der Waals surface area contributed by atoms with Crippen molar-refractivity contribution in [1.82, 2.24) is 4.98 Å². The van der Waals surface area contributed by atoms with E-state index < -0.39 is 0 Å². The quantitative estimate of drug-likeness (QED) is 0.755. The van der Waals surface area contributed by atoms with Crippen LogP contribution < -0.4 is 14.2 Å². The van der Waals surface area contributed by atoms with Crippen LogP contribution in [0.5, 0.6) is 17.4 Å². The molecule has 0 aliphatic carbocycles. The first kappa shape index (κ1) is 14.7. The highest BCUT2D eigenvalue weighted by molar-refractivity contribution is 9.08. The maximum atomic E-state index is 5.83. The number of nitrogens with zero attached hydrogens (tertiary/aromatic N) is 1. The Balaban J connectivity index is 2.12. The van der Waals surface area contributed by atoms with Gasteiger partial charge in [-0.25, -0.2) is 4.98 Å². The molecule has 2 aromatic rings. The van der Waals surface area contributed by atoms with E-state index in [0.29, 0.717) is 12.5 Å². The van der Waals surface area contributed by atoms with Crippen LogP contribution in [0.2, 0.25) is 0 Å². The monoisotopic (exact) mass is 337 g/mol. The Morgan fingerprint density at radius 2 is 1.95 bits per heavy atom. The van der Waals surface area contributed by atoms with Crippen molar-refractivity contribution in [1.29, 1.82) is 0 Å². The zero-order valence-electron chi connectivity index (χ0n) is 11.4. The van der Waals surface area contributed by atoms with Gasteiger partial charge in [-0.05, 0) is 12.1 Å². The van der Waals surface area contributed by atoms with Gasteiger partial charge < -0.3 is 14.2 Å². The standard InChI is InChI=1S/C15H16BrNO3/c1-18-13-7-6-11(9-16)14(8-13)20-10-12-4-3-5-15(17-12)19-2/h3-8H,9-10H2,1-2H3. The summed E-state index contributed by atoms with van der Waals surface area (Å²) in [5.41, 5.74) is 1.88. The number of hydrogen-bond donors (Lipinski definition) is 0. The molecule has 0 unspecified atom stereocenters. The molecule has 0 atom stereocenters. The molecule has 0 fully saturated rings. The van der Waals surface area contributed by atoms with E-state index in [0.717, 1.165) is 28.1 Å². The predicted octanol–water partition coefficient (Wildman–Crippen LogP) is 3.57. The summed E-state index contributed by atoms with van der Waals surface area (Å²) < 4.78 is 16.1. The summed E-state index contributed by atoms with van der Waals surface area (Å²) in [7, 11) is 3.23. The summed E-state index contributed by atoms with van der Waals surface area (Å²) in [6.45, 7) is 0.379.